The molecular weight excluding hydrogens is 200 g/mol. The van der Waals surface area contributed by atoms with Crippen LogP contribution in [0.25, 0.3) is 0 Å². The van der Waals surface area contributed by atoms with E-state index in [2.05, 4.69) is 25.5 Å². The molecule has 0 fully saturated rings. The molecule has 0 aliphatic carbocycles. The molecule has 0 bridgehead atoms. The Morgan fingerprint density at radius 1 is 1.21 bits per heavy atom. The molecule has 0 aliphatic heterocycles. The number of carbonyl (C=O) groups is 1. The van der Waals surface area contributed by atoms with E-state index < -0.39 is 5.91 Å². The smallest absolute Gasteiger partial charge is 0.240 e. The Kier molecular flexibility index (Phi) is 19.3. The van der Waals surface area contributed by atoms with E-state index in [1.807, 2.05) is 12.2 Å². The van der Waals surface area contributed by atoms with Gasteiger partial charge in [-0.05, 0) is 18.9 Å². The Hall–Kier alpha value is -1.06. The van der Waals surface area contributed by atoms with Gasteiger partial charge in [0.15, 0.2) is 0 Å². The molecule has 0 radical (unpaired) electrons. The Morgan fingerprint density at radius 2 is 1.50 bits per heavy atom. The van der Waals surface area contributed by atoms with Gasteiger partial charge in [-0.2, -0.15) is 0 Å². The second-order valence-corrected chi connectivity index (χ2v) is 2.42. The monoisotopic (exact) mass is 218 g/mol. The summed E-state index contributed by atoms with van der Waals surface area (Å²) in [5.41, 5.74) is 10.1. The summed E-state index contributed by atoms with van der Waals surface area (Å²) < 4.78 is 0. The topological polar surface area (TPSA) is 69.1 Å². The van der Waals surface area contributed by atoms with E-state index in [1.165, 1.54) is 0 Å². The SMILES string of the molecule is C=CC(N)=O.C=CCC(N)CC=C.Cl. The highest BCUT2D eigenvalue weighted by atomic mass is 35.5. The zero-order chi connectivity index (χ0) is 10.7. The summed E-state index contributed by atoms with van der Waals surface area (Å²) in [7, 11) is 0. The van der Waals surface area contributed by atoms with Gasteiger partial charge in [0.25, 0.3) is 0 Å². The van der Waals surface area contributed by atoms with Crippen molar-refractivity contribution in [3.63, 3.8) is 0 Å². The highest BCUT2D eigenvalue weighted by Gasteiger charge is 1.92. The lowest BCUT2D eigenvalue weighted by molar-refractivity contribution is -0.113. The summed E-state index contributed by atoms with van der Waals surface area (Å²) in [6.45, 7) is 10.2. The van der Waals surface area contributed by atoms with Crippen LogP contribution in [0.1, 0.15) is 12.8 Å². The van der Waals surface area contributed by atoms with E-state index in [0.717, 1.165) is 18.9 Å². The summed E-state index contributed by atoms with van der Waals surface area (Å²) in [5, 5.41) is 0. The van der Waals surface area contributed by atoms with Crippen molar-refractivity contribution in [2.75, 3.05) is 0 Å². The average molecular weight is 219 g/mol. The molecule has 0 aromatic carbocycles. The molecule has 0 saturated heterocycles. The van der Waals surface area contributed by atoms with Crippen molar-refractivity contribution in [3.8, 4) is 0 Å². The minimum Gasteiger partial charge on any atom is -0.366 e. The van der Waals surface area contributed by atoms with Crippen molar-refractivity contribution >= 4 is 18.3 Å². The first kappa shape index (κ1) is 18.7. The van der Waals surface area contributed by atoms with Crippen molar-refractivity contribution in [2.45, 2.75) is 18.9 Å². The lowest BCUT2D eigenvalue weighted by Crippen LogP contribution is -2.17. The highest BCUT2D eigenvalue weighted by Crippen LogP contribution is 1.93. The van der Waals surface area contributed by atoms with Crippen LogP contribution >= 0.6 is 12.4 Å². The summed E-state index contributed by atoms with van der Waals surface area (Å²) in [5.74, 6) is -0.481. The predicted molar refractivity (Wildman–Crippen MR) is 64.2 cm³/mol. The van der Waals surface area contributed by atoms with Crippen molar-refractivity contribution in [1.82, 2.24) is 0 Å². The minimum atomic E-state index is -0.481. The van der Waals surface area contributed by atoms with Crippen LogP contribution in [0.15, 0.2) is 38.0 Å². The van der Waals surface area contributed by atoms with E-state index >= 15 is 0 Å². The normalized spacial score (nSPS) is 7.57. The molecule has 0 rings (SSSR count). The quantitative estimate of drug-likeness (QED) is 0.543. The number of hydrogen-bond acceptors (Lipinski definition) is 2. The van der Waals surface area contributed by atoms with Gasteiger partial charge in [0.1, 0.15) is 0 Å². The average Bonchev–Trinajstić information content (AvgIpc) is 2.06. The number of nitrogens with two attached hydrogens (primary N) is 2. The molecule has 0 atom stereocenters. The van der Waals surface area contributed by atoms with E-state index in [9.17, 15) is 4.79 Å². The van der Waals surface area contributed by atoms with Crippen LogP contribution in [0.3, 0.4) is 0 Å². The largest absolute Gasteiger partial charge is 0.366 e. The first-order valence-electron chi connectivity index (χ1n) is 3.97. The molecule has 0 heterocycles. The molecule has 0 aromatic heterocycles. The van der Waals surface area contributed by atoms with Crippen molar-refractivity contribution in [2.24, 2.45) is 11.5 Å². The van der Waals surface area contributed by atoms with Gasteiger partial charge < -0.3 is 11.5 Å². The standard InChI is InChI=1S/C7H13N.C3H5NO.ClH/c1-3-5-7(8)6-4-2;1-2-3(4)5;/h3-4,7H,1-2,5-6,8H2;2H,1H2,(H2,4,5);1H. The molecule has 3 nitrogen and oxygen atoms in total. The molecule has 0 spiro atoms. The third kappa shape index (κ3) is 22.4. The molecule has 14 heavy (non-hydrogen) atoms. The van der Waals surface area contributed by atoms with E-state index in [0.29, 0.717) is 0 Å². The van der Waals surface area contributed by atoms with Crippen LogP contribution in [-0.4, -0.2) is 11.9 Å². The summed E-state index contributed by atoms with van der Waals surface area (Å²) in [6, 6.07) is 0.227. The fraction of sp³-hybridized carbons (Fsp3) is 0.300. The zero-order valence-electron chi connectivity index (χ0n) is 8.32. The highest BCUT2D eigenvalue weighted by molar-refractivity contribution is 5.85. The molecule has 4 heteroatoms. The Bertz CT molecular complexity index is 171. The maximum atomic E-state index is 9.47. The Balaban J connectivity index is -0.000000177. The summed E-state index contributed by atoms with van der Waals surface area (Å²) in [6.07, 6.45) is 6.47. The van der Waals surface area contributed by atoms with Crippen LogP contribution in [0, 0.1) is 0 Å². The van der Waals surface area contributed by atoms with Crippen LogP contribution < -0.4 is 11.5 Å². The first-order chi connectivity index (χ1) is 6.08. The number of primary amides is 1. The Morgan fingerprint density at radius 3 is 1.64 bits per heavy atom. The van der Waals surface area contributed by atoms with Crippen LogP contribution in [0.5, 0.6) is 0 Å². The summed E-state index contributed by atoms with van der Waals surface area (Å²) >= 11 is 0. The lowest BCUT2D eigenvalue weighted by Gasteiger charge is -2.01. The van der Waals surface area contributed by atoms with E-state index in [4.69, 9.17) is 5.73 Å². The van der Waals surface area contributed by atoms with E-state index in [-0.39, 0.29) is 18.4 Å². The van der Waals surface area contributed by atoms with Gasteiger partial charge in [0, 0.05) is 6.04 Å². The molecule has 82 valence electrons. The van der Waals surface area contributed by atoms with Gasteiger partial charge in [-0.3, -0.25) is 4.79 Å². The molecule has 0 aliphatic rings. The van der Waals surface area contributed by atoms with Gasteiger partial charge in [-0.25, -0.2) is 0 Å². The lowest BCUT2D eigenvalue weighted by atomic mass is 10.1. The van der Waals surface area contributed by atoms with Gasteiger partial charge in [-0.15, -0.1) is 25.6 Å². The molecule has 4 N–H and O–H groups in total. The maximum Gasteiger partial charge on any atom is 0.240 e. The Labute approximate surface area is 92.0 Å². The van der Waals surface area contributed by atoms with Gasteiger partial charge in [-0.1, -0.05) is 18.7 Å². The van der Waals surface area contributed by atoms with Crippen molar-refractivity contribution in [1.29, 1.82) is 0 Å². The second kappa shape index (κ2) is 14.5. The van der Waals surface area contributed by atoms with Crippen molar-refractivity contribution in [3.05, 3.63) is 38.0 Å². The number of halogens is 1. The molecule has 0 saturated carbocycles. The fourth-order valence-electron chi connectivity index (χ4n) is 0.524. The molecule has 0 unspecified atom stereocenters. The molecule has 1 amide bonds. The molecular formula is C10H19ClN2O. The van der Waals surface area contributed by atoms with E-state index in [1.54, 1.807) is 0 Å². The number of amides is 1. The third-order valence-corrected chi connectivity index (χ3v) is 1.14. The first-order valence-corrected chi connectivity index (χ1v) is 3.97. The van der Waals surface area contributed by atoms with Gasteiger partial charge in [0.2, 0.25) is 5.91 Å². The zero-order valence-corrected chi connectivity index (χ0v) is 9.13. The van der Waals surface area contributed by atoms with Crippen LogP contribution in [0.2, 0.25) is 0 Å². The fourth-order valence-corrected chi connectivity index (χ4v) is 0.524. The van der Waals surface area contributed by atoms with Crippen molar-refractivity contribution < 1.29 is 4.79 Å². The van der Waals surface area contributed by atoms with Gasteiger partial charge in [0.05, 0.1) is 0 Å². The number of hydrogen-bond donors (Lipinski definition) is 2. The van der Waals surface area contributed by atoms with Crippen LogP contribution in [-0.2, 0) is 4.79 Å². The second-order valence-electron chi connectivity index (χ2n) is 2.42. The number of carbonyl (C=O) groups excluding carboxylic acids is 1. The predicted octanol–water partition coefficient (Wildman–Crippen LogP) is 1.55. The minimum absolute atomic E-state index is 0. The van der Waals surface area contributed by atoms with Crippen LogP contribution in [0.4, 0.5) is 0 Å². The van der Waals surface area contributed by atoms with Gasteiger partial charge >= 0.3 is 0 Å². The number of rotatable bonds is 5. The maximum absolute atomic E-state index is 9.47. The molecule has 0 aromatic rings. The third-order valence-electron chi connectivity index (χ3n) is 1.14. The summed E-state index contributed by atoms with van der Waals surface area (Å²) in [4.78, 5) is 9.47.